The largest absolute Gasteiger partial charge is 0.345 e. The maximum atomic E-state index is 6.24. The van der Waals surface area contributed by atoms with Crippen molar-refractivity contribution in [1.29, 1.82) is 0 Å². The molecule has 1 aliphatic heterocycles. The normalized spacial score (nSPS) is 15.6. The van der Waals surface area contributed by atoms with Gasteiger partial charge < -0.3 is 15.6 Å². The summed E-state index contributed by atoms with van der Waals surface area (Å²) in [6.07, 6.45) is 3.19. The molecule has 2 heterocycles. The molecule has 0 amide bonds. The molecule has 3 heteroatoms. The van der Waals surface area contributed by atoms with Crippen LogP contribution in [0.15, 0.2) is 12.1 Å². The second kappa shape index (κ2) is 5.82. The highest BCUT2D eigenvalue weighted by Gasteiger charge is 2.19. The first-order valence-electron chi connectivity index (χ1n) is 8.25. The number of benzene rings is 1. The second-order valence-corrected chi connectivity index (χ2v) is 6.33. The first-order chi connectivity index (χ1) is 10.2. The SMILES string of the molecule is CCCn1c(C)c(CC(N)CC)c2cc3c(cc21)CNC3. The summed E-state index contributed by atoms with van der Waals surface area (Å²) < 4.78 is 2.49. The predicted molar refractivity (Wildman–Crippen MR) is 89.5 cm³/mol. The quantitative estimate of drug-likeness (QED) is 0.885. The van der Waals surface area contributed by atoms with Crippen LogP contribution in [-0.2, 0) is 26.1 Å². The molecule has 1 aliphatic rings. The lowest BCUT2D eigenvalue weighted by atomic mass is 9.99. The Morgan fingerprint density at radius 2 is 1.95 bits per heavy atom. The first kappa shape index (κ1) is 14.6. The number of fused-ring (bicyclic) bond motifs is 2. The van der Waals surface area contributed by atoms with Crippen molar-refractivity contribution in [3.8, 4) is 0 Å². The molecule has 0 aliphatic carbocycles. The van der Waals surface area contributed by atoms with E-state index in [1.54, 1.807) is 0 Å². The molecular weight excluding hydrogens is 258 g/mol. The van der Waals surface area contributed by atoms with Gasteiger partial charge in [0.15, 0.2) is 0 Å². The van der Waals surface area contributed by atoms with Crippen molar-refractivity contribution in [2.75, 3.05) is 0 Å². The van der Waals surface area contributed by atoms with E-state index in [1.807, 2.05) is 0 Å². The number of nitrogens with two attached hydrogens (primary N) is 1. The fraction of sp³-hybridized carbons (Fsp3) is 0.556. The van der Waals surface area contributed by atoms with E-state index >= 15 is 0 Å². The second-order valence-electron chi connectivity index (χ2n) is 6.33. The summed E-state index contributed by atoms with van der Waals surface area (Å²) in [5.41, 5.74) is 13.4. The number of nitrogens with zero attached hydrogens (tertiary/aromatic N) is 1. The summed E-state index contributed by atoms with van der Waals surface area (Å²) in [4.78, 5) is 0. The highest BCUT2D eigenvalue weighted by Crippen LogP contribution is 2.31. The van der Waals surface area contributed by atoms with E-state index in [0.717, 1.165) is 32.5 Å². The minimum Gasteiger partial charge on any atom is -0.345 e. The summed E-state index contributed by atoms with van der Waals surface area (Å²) >= 11 is 0. The van der Waals surface area contributed by atoms with Crippen molar-refractivity contribution in [1.82, 2.24) is 9.88 Å². The molecule has 3 nitrogen and oxygen atoms in total. The molecule has 3 N–H and O–H groups in total. The molecule has 0 radical (unpaired) electrons. The summed E-state index contributed by atoms with van der Waals surface area (Å²) in [6, 6.07) is 5.06. The maximum absolute atomic E-state index is 6.24. The van der Waals surface area contributed by atoms with E-state index in [2.05, 4.69) is 42.8 Å². The van der Waals surface area contributed by atoms with Crippen LogP contribution in [0.4, 0.5) is 0 Å². The fourth-order valence-electron chi connectivity index (χ4n) is 3.52. The lowest BCUT2D eigenvalue weighted by Crippen LogP contribution is -2.21. The van der Waals surface area contributed by atoms with Gasteiger partial charge in [0.1, 0.15) is 0 Å². The summed E-state index contributed by atoms with van der Waals surface area (Å²) in [6.45, 7) is 9.78. The maximum Gasteiger partial charge on any atom is 0.0488 e. The Hall–Kier alpha value is -1.32. The lowest BCUT2D eigenvalue weighted by molar-refractivity contribution is 0.635. The van der Waals surface area contributed by atoms with Gasteiger partial charge in [0.25, 0.3) is 0 Å². The van der Waals surface area contributed by atoms with Crippen LogP contribution in [0.5, 0.6) is 0 Å². The molecular formula is C18H27N3. The van der Waals surface area contributed by atoms with Crippen LogP contribution in [0.2, 0.25) is 0 Å². The lowest BCUT2D eigenvalue weighted by Gasteiger charge is -2.10. The number of hydrogen-bond donors (Lipinski definition) is 2. The van der Waals surface area contributed by atoms with Gasteiger partial charge in [-0.25, -0.2) is 0 Å². The van der Waals surface area contributed by atoms with Gasteiger partial charge in [-0.05, 0) is 55.0 Å². The fourth-order valence-corrected chi connectivity index (χ4v) is 3.52. The van der Waals surface area contributed by atoms with Crippen molar-refractivity contribution in [2.24, 2.45) is 5.73 Å². The third-order valence-electron chi connectivity index (χ3n) is 4.84. The van der Waals surface area contributed by atoms with E-state index in [4.69, 9.17) is 5.73 Å². The molecule has 3 rings (SSSR count). The van der Waals surface area contributed by atoms with Gasteiger partial charge in [-0.1, -0.05) is 13.8 Å². The Bertz CT molecular complexity index is 654. The monoisotopic (exact) mass is 285 g/mol. The van der Waals surface area contributed by atoms with Gasteiger partial charge in [-0.3, -0.25) is 0 Å². The molecule has 0 spiro atoms. The smallest absolute Gasteiger partial charge is 0.0488 e. The molecule has 2 aromatic rings. The summed E-state index contributed by atoms with van der Waals surface area (Å²) in [5.74, 6) is 0. The number of nitrogens with one attached hydrogen (secondary N) is 1. The van der Waals surface area contributed by atoms with Crippen molar-refractivity contribution in [2.45, 2.75) is 65.7 Å². The van der Waals surface area contributed by atoms with Gasteiger partial charge in [0.05, 0.1) is 0 Å². The molecule has 0 bridgehead atoms. The van der Waals surface area contributed by atoms with Crippen LogP contribution in [0.1, 0.15) is 49.1 Å². The Labute approximate surface area is 127 Å². The van der Waals surface area contributed by atoms with Crippen LogP contribution < -0.4 is 11.1 Å². The van der Waals surface area contributed by atoms with Crippen molar-refractivity contribution in [3.05, 3.63) is 34.5 Å². The third kappa shape index (κ3) is 2.49. The van der Waals surface area contributed by atoms with E-state index in [1.165, 1.54) is 39.7 Å². The highest BCUT2D eigenvalue weighted by molar-refractivity contribution is 5.87. The number of rotatable bonds is 5. The Balaban J connectivity index is 2.18. The van der Waals surface area contributed by atoms with E-state index in [9.17, 15) is 0 Å². The van der Waals surface area contributed by atoms with Crippen LogP contribution in [-0.4, -0.2) is 10.6 Å². The van der Waals surface area contributed by atoms with E-state index in [-0.39, 0.29) is 6.04 Å². The molecule has 0 saturated heterocycles. The summed E-state index contributed by atoms with van der Waals surface area (Å²) in [5, 5.41) is 4.88. The molecule has 1 aromatic heterocycles. The predicted octanol–water partition coefficient (Wildman–Crippen LogP) is 3.24. The molecule has 114 valence electrons. The zero-order valence-electron chi connectivity index (χ0n) is 13.5. The number of aryl methyl sites for hydroxylation is 1. The Morgan fingerprint density at radius 1 is 1.24 bits per heavy atom. The molecule has 1 unspecified atom stereocenters. The molecule has 1 atom stereocenters. The van der Waals surface area contributed by atoms with Crippen LogP contribution >= 0.6 is 0 Å². The average molecular weight is 285 g/mol. The van der Waals surface area contributed by atoms with Gasteiger partial charge in [0, 0.05) is 42.3 Å². The van der Waals surface area contributed by atoms with Crippen LogP contribution in [0, 0.1) is 6.92 Å². The van der Waals surface area contributed by atoms with Crippen LogP contribution in [0.3, 0.4) is 0 Å². The van der Waals surface area contributed by atoms with E-state index < -0.39 is 0 Å². The minimum atomic E-state index is 0.260. The number of hydrogen-bond acceptors (Lipinski definition) is 2. The average Bonchev–Trinajstić information content (AvgIpc) is 3.03. The summed E-state index contributed by atoms with van der Waals surface area (Å²) in [7, 11) is 0. The zero-order valence-corrected chi connectivity index (χ0v) is 13.5. The van der Waals surface area contributed by atoms with Gasteiger partial charge >= 0.3 is 0 Å². The van der Waals surface area contributed by atoms with Crippen molar-refractivity contribution >= 4 is 10.9 Å². The van der Waals surface area contributed by atoms with Gasteiger partial charge in [0.2, 0.25) is 0 Å². The van der Waals surface area contributed by atoms with Crippen molar-refractivity contribution in [3.63, 3.8) is 0 Å². The molecule has 1 aromatic carbocycles. The minimum absolute atomic E-state index is 0.260. The van der Waals surface area contributed by atoms with E-state index in [0.29, 0.717) is 0 Å². The molecule has 0 saturated carbocycles. The zero-order chi connectivity index (χ0) is 15.0. The topological polar surface area (TPSA) is 43.0 Å². The van der Waals surface area contributed by atoms with Gasteiger partial charge in [-0.2, -0.15) is 0 Å². The Morgan fingerprint density at radius 3 is 2.62 bits per heavy atom. The van der Waals surface area contributed by atoms with Crippen molar-refractivity contribution < 1.29 is 0 Å². The molecule has 0 fully saturated rings. The van der Waals surface area contributed by atoms with Gasteiger partial charge in [-0.15, -0.1) is 0 Å². The standard InChI is InChI=1S/C18H27N3/c1-4-6-21-12(3)16(9-15(19)5-2)17-7-13-10-20-11-14(13)8-18(17)21/h7-8,15,20H,4-6,9-11,19H2,1-3H3. The molecule has 21 heavy (non-hydrogen) atoms. The third-order valence-corrected chi connectivity index (χ3v) is 4.84. The van der Waals surface area contributed by atoms with Crippen LogP contribution in [0.25, 0.3) is 10.9 Å². The highest BCUT2D eigenvalue weighted by atomic mass is 15.0. The number of aromatic nitrogens is 1. The first-order valence-corrected chi connectivity index (χ1v) is 8.25. The Kier molecular flexibility index (Phi) is 4.05.